The van der Waals surface area contributed by atoms with Crippen molar-refractivity contribution in [2.75, 3.05) is 38.6 Å². The molecule has 0 unspecified atom stereocenters. The molecule has 1 fully saturated rings. The van der Waals surface area contributed by atoms with Gasteiger partial charge in [0.15, 0.2) is 0 Å². The number of rotatable bonds is 6. The van der Waals surface area contributed by atoms with Gasteiger partial charge >= 0.3 is 6.18 Å². The van der Waals surface area contributed by atoms with Gasteiger partial charge in [-0.1, -0.05) is 6.07 Å². The van der Waals surface area contributed by atoms with Crippen molar-refractivity contribution in [1.82, 2.24) is 9.21 Å². The zero-order valence-corrected chi connectivity index (χ0v) is 18.4. The SMILES string of the molecule is COc1ccc(NC(=O)[C@H](C)N2CCN(S(=O)(=O)c3cccc(C(F)(F)F)c3)CC2)cc1. The predicted octanol–water partition coefficient (Wildman–Crippen LogP) is 3.05. The molecule has 0 bridgehead atoms. The first-order chi connectivity index (χ1) is 15.0. The third-order valence-electron chi connectivity index (χ3n) is 5.36. The van der Waals surface area contributed by atoms with E-state index in [0.29, 0.717) is 17.5 Å². The molecule has 0 radical (unpaired) electrons. The summed E-state index contributed by atoms with van der Waals surface area (Å²) in [5.41, 5.74) is -0.408. The lowest BCUT2D eigenvalue weighted by atomic mass is 10.2. The van der Waals surface area contributed by atoms with Crippen molar-refractivity contribution >= 4 is 21.6 Å². The molecule has 7 nitrogen and oxygen atoms in total. The van der Waals surface area contributed by atoms with Crippen LogP contribution < -0.4 is 10.1 Å². The molecule has 0 aromatic heterocycles. The summed E-state index contributed by atoms with van der Waals surface area (Å²) in [5, 5.41) is 2.80. The Morgan fingerprint density at radius 3 is 2.25 bits per heavy atom. The molecular formula is C21H24F3N3O4S. The van der Waals surface area contributed by atoms with Gasteiger partial charge in [0.25, 0.3) is 0 Å². The Kier molecular flexibility index (Phi) is 7.11. The minimum absolute atomic E-state index is 0.0682. The van der Waals surface area contributed by atoms with Crippen LogP contribution in [0.15, 0.2) is 53.4 Å². The second-order valence-corrected chi connectivity index (χ2v) is 9.30. The Morgan fingerprint density at radius 2 is 1.69 bits per heavy atom. The number of halogens is 3. The molecule has 2 aromatic rings. The van der Waals surface area contributed by atoms with Gasteiger partial charge in [-0.3, -0.25) is 9.69 Å². The Labute approximate surface area is 184 Å². The van der Waals surface area contributed by atoms with Crippen LogP contribution in [0.1, 0.15) is 12.5 Å². The summed E-state index contributed by atoms with van der Waals surface area (Å²) in [5.74, 6) is 0.415. The molecule has 1 aliphatic rings. The number of hydrogen-bond donors (Lipinski definition) is 1. The second kappa shape index (κ2) is 9.47. The molecule has 0 spiro atoms. The molecule has 3 rings (SSSR count). The number of hydrogen-bond acceptors (Lipinski definition) is 5. The summed E-state index contributed by atoms with van der Waals surface area (Å²) in [6.45, 7) is 2.40. The molecule has 0 aliphatic carbocycles. The topological polar surface area (TPSA) is 79.0 Å². The Hall–Kier alpha value is -2.63. The van der Waals surface area contributed by atoms with Gasteiger partial charge in [-0.15, -0.1) is 0 Å². The highest BCUT2D eigenvalue weighted by atomic mass is 32.2. The van der Waals surface area contributed by atoms with E-state index in [2.05, 4.69) is 5.32 Å². The number of sulfonamides is 1. The standard InChI is InChI=1S/C21H24F3N3O4S/c1-15(20(28)25-17-6-8-18(31-2)9-7-17)26-10-12-27(13-11-26)32(29,30)19-5-3-4-16(14-19)21(22,23)24/h3-9,14-15H,10-13H2,1-2H3,(H,25,28)/t15-/m0/s1. The molecule has 32 heavy (non-hydrogen) atoms. The van der Waals surface area contributed by atoms with Crippen LogP contribution in [0, 0.1) is 0 Å². The monoisotopic (exact) mass is 471 g/mol. The Balaban J connectivity index is 1.61. The van der Waals surface area contributed by atoms with E-state index in [4.69, 9.17) is 4.74 Å². The molecule has 11 heteroatoms. The van der Waals surface area contributed by atoms with Gasteiger partial charge in [-0.2, -0.15) is 17.5 Å². The Morgan fingerprint density at radius 1 is 1.06 bits per heavy atom. The third kappa shape index (κ3) is 5.40. The van der Waals surface area contributed by atoms with Crippen molar-refractivity contribution in [3.8, 4) is 5.75 Å². The maximum absolute atomic E-state index is 12.9. The number of methoxy groups -OCH3 is 1. The van der Waals surface area contributed by atoms with Gasteiger partial charge in [0, 0.05) is 31.9 Å². The summed E-state index contributed by atoms with van der Waals surface area (Å²) in [7, 11) is -2.53. The molecule has 1 heterocycles. The van der Waals surface area contributed by atoms with Crippen molar-refractivity contribution in [2.45, 2.75) is 24.0 Å². The van der Waals surface area contributed by atoms with Crippen LogP contribution in [0.2, 0.25) is 0 Å². The van der Waals surface area contributed by atoms with Crippen LogP contribution in [-0.2, 0) is 21.0 Å². The summed E-state index contributed by atoms with van der Waals surface area (Å²) < 4.78 is 70.7. The number of amides is 1. The van der Waals surface area contributed by atoms with Crippen molar-refractivity contribution in [2.24, 2.45) is 0 Å². The smallest absolute Gasteiger partial charge is 0.416 e. The van der Waals surface area contributed by atoms with E-state index in [9.17, 15) is 26.4 Å². The lowest BCUT2D eigenvalue weighted by Gasteiger charge is -2.36. The van der Waals surface area contributed by atoms with Gasteiger partial charge in [0.2, 0.25) is 15.9 Å². The maximum Gasteiger partial charge on any atom is 0.416 e. The second-order valence-electron chi connectivity index (χ2n) is 7.36. The average Bonchev–Trinajstić information content (AvgIpc) is 2.78. The predicted molar refractivity (Wildman–Crippen MR) is 113 cm³/mol. The van der Waals surface area contributed by atoms with E-state index in [1.807, 2.05) is 4.90 Å². The number of benzene rings is 2. The zero-order chi connectivity index (χ0) is 23.5. The average molecular weight is 472 g/mol. The molecule has 1 atom stereocenters. The largest absolute Gasteiger partial charge is 0.497 e. The zero-order valence-electron chi connectivity index (χ0n) is 17.6. The highest BCUT2D eigenvalue weighted by Gasteiger charge is 2.35. The van der Waals surface area contributed by atoms with E-state index in [1.165, 1.54) is 0 Å². The number of anilines is 1. The van der Waals surface area contributed by atoms with E-state index < -0.39 is 32.7 Å². The van der Waals surface area contributed by atoms with Gasteiger partial charge < -0.3 is 10.1 Å². The fourth-order valence-electron chi connectivity index (χ4n) is 3.40. The lowest BCUT2D eigenvalue weighted by molar-refractivity contribution is -0.137. The third-order valence-corrected chi connectivity index (χ3v) is 7.25. The maximum atomic E-state index is 12.9. The normalized spacial score (nSPS) is 17.0. The summed E-state index contributed by atoms with van der Waals surface area (Å²) in [4.78, 5) is 14.0. The number of nitrogens with zero attached hydrogens (tertiary/aromatic N) is 2. The van der Waals surface area contributed by atoms with Crippen LogP contribution in [0.3, 0.4) is 0 Å². The van der Waals surface area contributed by atoms with Gasteiger partial charge in [-0.25, -0.2) is 8.42 Å². The number of alkyl halides is 3. The first kappa shape index (κ1) is 24.0. The van der Waals surface area contributed by atoms with Crippen LogP contribution >= 0.6 is 0 Å². The number of carbonyl (C=O) groups excluding carboxylic acids is 1. The van der Waals surface area contributed by atoms with Crippen LogP contribution in [0.5, 0.6) is 5.75 Å². The van der Waals surface area contributed by atoms with Crippen molar-refractivity contribution in [3.05, 3.63) is 54.1 Å². The van der Waals surface area contributed by atoms with Crippen LogP contribution in [0.25, 0.3) is 0 Å². The minimum Gasteiger partial charge on any atom is -0.497 e. The molecule has 1 aliphatic heterocycles. The lowest BCUT2D eigenvalue weighted by Crippen LogP contribution is -2.53. The molecule has 2 aromatic carbocycles. The van der Waals surface area contributed by atoms with E-state index in [1.54, 1.807) is 38.3 Å². The van der Waals surface area contributed by atoms with E-state index in [0.717, 1.165) is 22.5 Å². The summed E-state index contributed by atoms with van der Waals surface area (Å²) in [6, 6.07) is 10.1. The summed E-state index contributed by atoms with van der Waals surface area (Å²) >= 11 is 0. The van der Waals surface area contributed by atoms with Crippen molar-refractivity contribution in [3.63, 3.8) is 0 Å². The fraction of sp³-hybridized carbons (Fsp3) is 0.381. The highest BCUT2D eigenvalue weighted by molar-refractivity contribution is 7.89. The Bertz CT molecular complexity index is 1050. The molecule has 1 amide bonds. The minimum atomic E-state index is -4.63. The van der Waals surface area contributed by atoms with Gasteiger partial charge in [0.1, 0.15) is 5.75 Å². The first-order valence-electron chi connectivity index (χ1n) is 9.89. The molecular weight excluding hydrogens is 447 g/mol. The van der Waals surface area contributed by atoms with Crippen molar-refractivity contribution in [1.29, 1.82) is 0 Å². The van der Waals surface area contributed by atoms with Gasteiger partial charge in [-0.05, 0) is 49.4 Å². The number of carbonyl (C=O) groups is 1. The van der Waals surface area contributed by atoms with Crippen LogP contribution in [-0.4, -0.2) is 62.9 Å². The van der Waals surface area contributed by atoms with Gasteiger partial charge in [0.05, 0.1) is 23.6 Å². The molecule has 1 N–H and O–H groups in total. The first-order valence-corrected chi connectivity index (χ1v) is 11.3. The molecule has 174 valence electrons. The highest BCUT2D eigenvalue weighted by Crippen LogP contribution is 2.31. The van der Waals surface area contributed by atoms with E-state index in [-0.39, 0.29) is 32.1 Å². The fourth-order valence-corrected chi connectivity index (χ4v) is 4.87. The quantitative estimate of drug-likeness (QED) is 0.701. The van der Waals surface area contributed by atoms with Crippen LogP contribution in [0.4, 0.5) is 18.9 Å². The summed E-state index contributed by atoms with van der Waals surface area (Å²) in [6.07, 6.45) is -4.63. The number of piperazine rings is 1. The molecule has 0 saturated carbocycles. The number of ether oxygens (including phenoxy) is 1. The van der Waals surface area contributed by atoms with Crippen molar-refractivity contribution < 1.29 is 31.1 Å². The van der Waals surface area contributed by atoms with E-state index >= 15 is 0 Å². The molecule has 1 saturated heterocycles. The number of nitrogens with one attached hydrogen (secondary N) is 1.